The van der Waals surface area contributed by atoms with Crippen LogP contribution in [-0.2, 0) is 6.54 Å². The second-order valence-electron chi connectivity index (χ2n) is 5.61. The number of ketones is 1. The largest absolute Gasteiger partial charge is 0.371 e. The standard InChI is InChI=1S/C17H10F3N3OS/c18-12-8(7-21)13(19)15-10(14(12)20)11(16(24)9-3-1-6-25-9)17-22-4-2-5-23(15)17/h1,3,6,22H,2,4-5H2. The summed E-state index contributed by atoms with van der Waals surface area (Å²) in [6.07, 6.45) is 0.629. The molecule has 1 aliphatic rings. The zero-order chi connectivity index (χ0) is 17.7. The van der Waals surface area contributed by atoms with Gasteiger partial charge in [0.1, 0.15) is 17.5 Å². The highest BCUT2D eigenvalue weighted by molar-refractivity contribution is 7.12. The summed E-state index contributed by atoms with van der Waals surface area (Å²) in [5.74, 6) is -4.35. The molecule has 0 unspecified atom stereocenters. The monoisotopic (exact) mass is 361 g/mol. The number of benzene rings is 1. The van der Waals surface area contributed by atoms with Crippen molar-refractivity contribution in [3.05, 3.63) is 51.0 Å². The molecule has 1 N–H and O–H groups in total. The lowest BCUT2D eigenvalue weighted by Crippen LogP contribution is -2.18. The number of carbonyl (C=O) groups excluding carboxylic acids is 1. The van der Waals surface area contributed by atoms with Gasteiger partial charge in [0.15, 0.2) is 17.5 Å². The van der Waals surface area contributed by atoms with Gasteiger partial charge in [-0.25, -0.2) is 13.2 Å². The molecule has 0 saturated carbocycles. The van der Waals surface area contributed by atoms with Crippen molar-refractivity contribution in [2.75, 3.05) is 11.9 Å². The van der Waals surface area contributed by atoms with Crippen LogP contribution in [0.4, 0.5) is 19.0 Å². The van der Waals surface area contributed by atoms with Crippen molar-refractivity contribution in [2.24, 2.45) is 0 Å². The highest BCUT2D eigenvalue weighted by Gasteiger charge is 2.33. The number of thiophene rings is 1. The highest BCUT2D eigenvalue weighted by Crippen LogP contribution is 2.39. The first-order valence-corrected chi connectivity index (χ1v) is 8.39. The van der Waals surface area contributed by atoms with Gasteiger partial charge in [-0.2, -0.15) is 5.26 Å². The molecule has 0 fully saturated rings. The van der Waals surface area contributed by atoms with Gasteiger partial charge in [-0.15, -0.1) is 11.3 Å². The van der Waals surface area contributed by atoms with Crippen LogP contribution in [0.25, 0.3) is 10.9 Å². The molecule has 4 nitrogen and oxygen atoms in total. The van der Waals surface area contributed by atoms with Gasteiger partial charge in [0.2, 0.25) is 5.78 Å². The van der Waals surface area contributed by atoms with E-state index >= 15 is 0 Å². The van der Waals surface area contributed by atoms with Crippen LogP contribution >= 0.6 is 11.3 Å². The number of aryl methyl sites for hydroxylation is 1. The highest BCUT2D eigenvalue weighted by atomic mass is 32.1. The molecule has 0 amide bonds. The van der Waals surface area contributed by atoms with Crippen molar-refractivity contribution in [1.82, 2.24) is 4.57 Å². The molecule has 3 heterocycles. The van der Waals surface area contributed by atoms with E-state index in [-0.39, 0.29) is 16.9 Å². The van der Waals surface area contributed by atoms with Crippen LogP contribution in [0.15, 0.2) is 17.5 Å². The van der Waals surface area contributed by atoms with Crippen LogP contribution in [-0.4, -0.2) is 16.9 Å². The lowest BCUT2D eigenvalue weighted by molar-refractivity contribution is 0.104. The van der Waals surface area contributed by atoms with Gasteiger partial charge < -0.3 is 9.88 Å². The number of halogens is 3. The zero-order valence-corrected chi connectivity index (χ0v) is 13.5. The van der Waals surface area contributed by atoms with Crippen molar-refractivity contribution in [3.63, 3.8) is 0 Å². The molecule has 8 heteroatoms. The Morgan fingerprint density at radius 1 is 1.28 bits per heavy atom. The molecule has 1 aliphatic heterocycles. The first-order valence-electron chi connectivity index (χ1n) is 7.51. The van der Waals surface area contributed by atoms with Crippen LogP contribution in [0.3, 0.4) is 0 Å². The maximum atomic E-state index is 14.7. The van der Waals surface area contributed by atoms with Gasteiger partial charge in [0, 0.05) is 13.1 Å². The fourth-order valence-electron chi connectivity index (χ4n) is 3.20. The second-order valence-corrected chi connectivity index (χ2v) is 6.56. The van der Waals surface area contributed by atoms with E-state index in [1.54, 1.807) is 17.5 Å². The quantitative estimate of drug-likeness (QED) is 0.554. The van der Waals surface area contributed by atoms with Gasteiger partial charge >= 0.3 is 0 Å². The Balaban J connectivity index is 2.16. The normalized spacial score (nSPS) is 13.4. The predicted molar refractivity (Wildman–Crippen MR) is 87.4 cm³/mol. The Labute approximate surface area is 144 Å². The van der Waals surface area contributed by atoms with Gasteiger partial charge in [0.25, 0.3) is 0 Å². The van der Waals surface area contributed by atoms with Crippen molar-refractivity contribution in [3.8, 4) is 6.07 Å². The summed E-state index contributed by atoms with van der Waals surface area (Å²) < 4.78 is 45.0. The predicted octanol–water partition coefficient (Wildman–Crippen LogP) is 4.04. The van der Waals surface area contributed by atoms with Crippen LogP contribution < -0.4 is 5.32 Å². The van der Waals surface area contributed by atoms with Crippen molar-refractivity contribution in [1.29, 1.82) is 5.26 Å². The Bertz CT molecular complexity index is 1060. The molecular formula is C17H10F3N3OS. The number of nitriles is 1. The van der Waals surface area contributed by atoms with E-state index in [2.05, 4.69) is 5.32 Å². The lowest BCUT2D eigenvalue weighted by atomic mass is 10.0. The summed E-state index contributed by atoms with van der Waals surface area (Å²) in [6, 6.07) is 4.60. The Hall–Kier alpha value is -2.79. The van der Waals surface area contributed by atoms with Crippen molar-refractivity contribution in [2.45, 2.75) is 13.0 Å². The van der Waals surface area contributed by atoms with Gasteiger partial charge in [0.05, 0.1) is 21.3 Å². The average molecular weight is 361 g/mol. The third-order valence-corrected chi connectivity index (χ3v) is 5.13. The van der Waals surface area contributed by atoms with E-state index in [0.717, 1.165) is 11.3 Å². The van der Waals surface area contributed by atoms with Crippen LogP contribution in [0.1, 0.15) is 27.2 Å². The van der Waals surface area contributed by atoms with Gasteiger partial charge in [-0.3, -0.25) is 4.79 Å². The number of aromatic nitrogens is 1. The molecule has 25 heavy (non-hydrogen) atoms. The average Bonchev–Trinajstić information content (AvgIpc) is 3.26. The topological polar surface area (TPSA) is 57.8 Å². The molecule has 0 radical (unpaired) electrons. The minimum absolute atomic E-state index is 0.100. The molecule has 0 bridgehead atoms. The molecule has 2 aromatic heterocycles. The third kappa shape index (κ3) is 2.09. The number of hydrogen-bond acceptors (Lipinski definition) is 4. The number of anilines is 1. The Morgan fingerprint density at radius 3 is 2.76 bits per heavy atom. The molecule has 0 spiro atoms. The number of nitrogens with one attached hydrogen (secondary N) is 1. The van der Waals surface area contributed by atoms with Crippen LogP contribution in [0, 0.1) is 28.8 Å². The minimum atomic E-state index is -1.57. The maximum Gasteiger partial charge on any atom is 0.207 e. The number of rotatable bonds is 2. The second kappa shape index (κ2) is 5.63. The van der Waals surface area contributed by atoms with Crippen molar-refractivity contribution >= 4 is 33.8 Å². The van der Waals surface area contributed by atoms with E-state index in [9.17, 15) is 18.0 Å². The summed E-state index contributed by atoms with van der Waals surface area (Å²) in [6.45, 7) is 0.862. The summed E-state index contributed by atoms with van der Waals surface area (Å²) in [4.78, 5) is 13.2. The van der Waals surface area contributed by atoms with E-state index < -0.39 is 34.2 Å². The first kappa shape index (κ1) is 15.7. The first-order chi connectivity index (χ1) is 12.1. The van der Waals surface area contributed by atoms with E-state index in [1.807, 2.05) is 0 Å². The molecule has 1 aromatic carbocycles. The molecule has 126 valence electrons. The molecule has 3 aromatic rings. The number of hydrogen-bond donors (Lipinski definition) is 1. The fourth-order valence-corrected chi connectivity index (χ4v) is 3.87. The maximum absolute atomic E-state index is 14.7. The summed E-state index contributed by atoms with van der Waals surface area (Å²) in [7, 11) is 0. The van der Waals surface area contributed by atoms with Gasteiger partial charge in [-0.1, -0.05) is 6.07 Å². The van der Waals surface area contributed by atoms with Gasteiger partial charge in [-0.05, 0) is 17.9 Å². The van der Waals surface area contributed by atoms with Crippen LogP contribution in [0.2, 0.25) is 0 Å². The molecular weight excluding hydrogens is 351 g/mol. The smallest absolute Gasteiger partial charge is 0.207 e. The molecule has 0 aliphatic carbocycles. The van der Waals surface area contributed by atoms with E-state index in [4.69, 9.17) is 5.26 Å². The van der Waals surface area contributed by atoms with E-state index in [0.29, 0.717) is 24.4 Å². The van der Waals surface area contributed by atoms with Crippen molar-refractivity contribution < 1.29 is 18.0 Å². The summed E-state index contributed by atoms with van der Waals surface area (Å²) in [5.41, 5.74) is -1.33. The zero-order valence-electron chi connectivity index (χ0n) is 12.7. The number of fused-ring (bicyclic) bond motifs is 3. The Morgan fingerprint density at radius 2 is 2.08 bits per heavy atom. The lowest BCUT2D eigenvalue weighted by Gasteiger charge is -2.19. The minimum Gasteiger partial charge on any atom is -0.371 e. The van der Waals surface area contributed by atoms with E-state index in [1.165, 1.54) is 10.6 Å². The molecule has 0 saturated heterocycles. The Kier molecular flexibility index (Phi) is 3.54. The third-order valence-electron chi connectivity index (χ3n) is 4.26. The number of nitrogens with zero attached hydrogens (tertiary/aromatic N) is 2. The molecule has 4 rings (SSSR count). The molecule has 0 atom stereocenters. The van der Waals surface area contributed by atoms with Crippen LogP contribution in [0.5, 0.6) is 0 Å². The summed E-state index contributed by atoms with van der Waals surface area (Å²) >= 11 is 1.16. The fraction of sp³-hybridized carbons (Fsp3) is 0.176. The number of carbonyl (C=O) groups is 1. The SMILES string of the molecule is N#Cc1c(F)c(F)c2c(C(=O)c3cccs3)c3n(c2c1F)CCCN3. The summed E-state index contributed by atoms with van der Waals surface area (Å²) in [5, 5.41) is 13.2.